The maximum atomic E-state index is 6.61. The Kier molecular flexibility index (Phi) is 6.85. The van der Waals surface area contributed by atoms with Crippen LogP contribution in [0, 0.1) is 12.3 Å². The molecule has 3 aliphatic heterocycles. The van der Waals surface area contributed by atoms with Gasteiger partial charge in [-0.1, -0.05) is 31.2 Å². The third-order valence-corrected chi connectivity index (χ3v) is 10.4. The van der Waals surface area contributed by atoms with Gasteiger partial charge in [0, 0.05) is 41.7 Å². The first kappa shape index (κ1) is 26.6. The Bertz CT molecular complexity index is 1520. The van der Waals surface area contributed by atoms with Gasteiger partial charge in [0.05, 0.1) is 13.2 Å². The van der Waals surface area contributed by atoms with Crippen molar-refractivity contribution in [2.75, 3.05) is 44.7 Å². The van der Waals surface area contributed by atoms with Crippen LogP contribution in [-0.4, -0.2) is 60.9 Å². The largest absolute Gasteiger partial charge is 0.491 e. The zero-order valence-corrected chi connectivity index (χ0v) is 25.0. The second-order valence-corrected chi connectivity index (χ2v) is 12.8. The number of aliphatic imine (C=N–C) groups is 1. The minimum Gasteiger partial charge on any atom is -0.491 e. The molecule has 1 saturated carbocycles. The predicted molar refractivity (Wildman–Crippen MR) is 169 cm³/mol. The second-order valence-electron chi connectivity index (χ2n) is 12.8. The average molecular weight is 550 g/mol. The summed E-state index contributed by atoms with van der Waals surface area (Å²) >= 11 is 0. The first-order valence-corrected chi connectivity index (χ1v) is 15.7. The van der Waals surface area contributed by atoms with Crippen LogP contribution in [0.4, 0.5) is 5.82 Å². The standard InChI is InChI=1S/C35H43N5O/c1-5-24-20-27-31(32(41-6-2)30(24)29-23(3)8-9-26-21-36-22-28(26)29)37-33(25-10-16-39(4)17-11-25)38-34(27)40-18-14-35(15-19-40)12-7-13-35/h5,8-9,20,22,25H,1,6-7,10-19,21H2,2-4H3. The summed E-state index contributed by atoms with van der Waals surface area (Å²) in [6.45, 7) is 14.1. The van der Waals surface area contributed by atoms with Crippen molar-refractivity contribution in [3.63, 3.8) is 0 Å². The summed E-state index contributed by atoms with van der Waals surface area (Å²) in [5, 5.41) is 1.09. The van der Waals surface area contributed by atoms with Crippen LogP contribution in [0.1, 0.15) is 85.9 Å². The maximum Gasteiger partial charge on any atom is 0.154 e. The van der Waals surface area contributed by atoms with Crippen molar-refractivity contribution in [2.45, 2.75) is 71.3 Å². The maximum absolute atomic E-state index is 6.61. The van der Waals surface area contributed by atoms with E-state index in [9.17, 15) is 0 Å². The van der Waals surface area contributed by atoms with E-state index >= 15 is 0 Å². The van der Waals surface area contributed by atoms with E-state index in [1.165, 1.54) is 54.4 Å². The first-order valence-electron chi connectivity index (χ1n) is 15.7. The number of nitrogens with zero attached hydrogens (tertiary/aromatic N) is 5. The monoisotopic (exact) mass is 549 g/mol. The van der Waals surface area contributed by atoms with Crippen LogP contribution < -0.4 is 9.64 Å². The summed E-state index contributed by atoms with van der Waals surface area (Å²) in [5.74, 6) is 3.30. The third-order valence-electron chi connectivity index (χ3n) is 10.4. The Hall–Kier alpha value is -3.25. The van der Waals surface area contributed by atoms with E-state index in [1.54, 1.807) is 0 Å². The van der Waals surface area contributed by atoms with Crippen LogP contribution in [-0.2, 0) is 6.54 Å². The van der Waals surface area contributed by atoms with Gasteiger partial charge in [0.1, 0.15) is 17.2 Å². The van der Waals surface area contributed by atoms with Gasteiger partial charge in [-0.05, 0) is 106 Å². The quantitative estimate of drug-likeness (QED) is 0.327. The van der Waals surface area contributed by atoms with Gasteiger partial charge in [-0.25, -0.2) is 9.97 Å². The van der Waals surface area contributed by atoms with Crippen LogP contribution in [0.5, 0.6) is 5.75 Å². The molecule has 0 amide bonds. The number of hydrogen-bond acceptors (Lipinski definition) is 6. The molecule has 2 saturated heterocycles. The molecule has 0 atom stereocenters. The molecule has 214 valence electrons. The lowest BCUT2D eigenvalue weighted by Gasteiger charge is -2.48. The van der Waals surface area contributed by atoms with Crippen LogP contribution in [0.3, 0.4) is 0 Å². The third kappa shape index (κ3) is 4.55. The number of piperidine rings is 2. The van der Waals surface area contributed by atoms with Crippen LogP contribution >= 0.6 is 0 Å². The van der Waals surface area contributed by atoms with Crippen LogP contribution in [0.15, 0.2) is 29.8 Å². The predicted octanol–water partition coefficient (Wildman–Crippen LogP) is 7.16. The number of anilines is 1. The Morgan fingerprint density at radius 1 is 1.05 bits per heavy atom. The van der Waals surface area contributed by atoms with Gasteiger partial charge in [-0.3, -0.25) is 4.99 Å². The summed E-state index contributed by atoms with van der Waals surface area (Å²) in [5.41, 5.74) is 8.55. The Labute approximate surface area is 244 Å². The lowest BCUT2D eigenvalue weighted by Crippen LogP contribution is -2.44. The lowest BCUT2D eigenvalue weighted by atomic mass is 9.63. The number of aromatic nitrogens is 2. The molecule has 2 aromatic carbocycles. The van der Waals surface area contributed by atoms with E-state index in [0.717, 1.165) is 85.0 Å². The van der Waals surface area contributed by atoms with E-state index in [4.69, 9.17) is 14.7 Å². The SMILES string of the molecule is C=Cc1cc2c(N3CCC4(CCC4)CC3)nc(C3CCN(C)CC3)nc2c(OCC)c1-c1c(C)ccc2c1C=NC2. The highest BCUT2D eigenvalue weighted by molar-refractivity contribution is 6.06. The van der Waals surface area contributed by atoms with Gasteiger partial charge >= 0.3 is 0 Å². The fourth-order valence-electron chi connectivity index (χ4n) is 7.65. The highest BCUT2D eigenvalue weighted by Crippen LogP contribution is 2.51. The molecule has 6 heteroatoms. The van der Waals surface area contributed by atoms with Gasteiger partial charge in [0.15, 0.2) is 5.75 Å². The van der Waals surface area contributed by atoms with Gasteiger partial charge in [-0.15, -0.1) is 0 Å². The average Bonchev–Trinajstić information content (AvgIpc) is 3.45. The zero-order valence-electron chi connectivity index (χ0n) is 25.0. The van der Waals surface area contributed by atoms with Crippen LogP contribution in [0.2, 0.25) is 0 Å². The molecule has 6 nitrogen and oxygen atoms in total. The Balaban J connectivity index is 1.46. The van der Waals surface area contributed by atoms with E-state index in [-0.39, 0.29) is 0 Å². The smallest absolute Gasteiger partial charge is 0.154 e. The molecular weight excluding hydrogens is 506 g/mol. The highest BCUT2D eigenvalue weighted by Gasteiger charge is 2.40. The van der Waals surface area contributed by atoms with Crippen molar-refractivity contribution in [3.8, 4) is 16.9 Å². The molecule has 0 unspecified atom stereocenters. The molecule has 0 N–H and O–H groups in total. The lowest BCUT2D eigenvalue weighted by molar-refractivity contribution is 0.0953. The van der Waals surface area contributed by atoms with Crippen molar-refractivity contribution in [2.24, 2.45) is 10.4 Å². The summed E-state index contributed by atoms with van der Waals surface area (Å²) < 4.78 is 6.61. The molecule has 0 bridgehead atoms. The number of aryl methyl sites for hydroxylation is 1. The van der Waals surface area contributed by atoms with Crippen molar-refractivity contribution in [1.82, 2.24) is 14.9 Å². The highest BCUT2D eigenvalue weighted by atomic mass is 16.5. The van der Waals surface area contributed by atoms with Gasteiger partial charge in [0.25, 0.3) is 0 Å². The second kappa shape index (κ2) is 10.5. The molecule has 3 fully saturated rings. The van der Waals surface area contributed by atoms with Crippen molar-refractivity contribution in [3.05, 3.63) is 52.9 Å². The van der Waals surface area contributed by atoms with E-state index < -0.39 is 0 Å². The van der Waals surface area contributed by atoms with E-state index in [0.29, 0.717) is 17.9 Å². The fourth-order valence-corrected chi connectivity index (χ4v) is 7.65. The molecular formula is C35H43N5O. The minimum absolute atomic E-state index is 0.365. The molecule has 41 heavy (non-hydrogen) atoms. The van der Waals surface area contributed by atoms with Gasteiger partial charge in [-0.2, -0.15) is 0 Å². The molecule has 7 rings (SSSR count). The van der Waals surface area contributed by atoms with Crippen molar-refractivity contribution in [1.29, 1.82) is 0 Å². The first-order chi connectivity index (χ1) is 20.0. The topological polar surface area (TPSA) is 53.9 Å². The Morgan fingerprint density at radius 2 is 1.83 bits per heavy atom. The summed E-state index contributed by atoms with van der Waals surface area (Å²) in [4.78, 5) is 20.4. The molecule has 1 spiro atoms. The number of benzene rings is 2. The Morgan fingerprint density at radius 3 is 2.51 bits per heavy atom. The fraction of sp³-hybridized carbons (Fsp3) is 0.514. The molecule has 1 aliphatic carbocycles. The molecule has 4 aliphatic rings. The number of ether oxygens (including phenoxy) is 1. The molecule has 0 radical (unpaired) electrons. The number of rotatable bonds is 6. The van der Waals surface area contributed by atoms with Gasteiger partial charge in [0.2, 0.25) is 0 Å². The number of likely N-dealkylation sites (tertiary alicyclic amines) is 1. The summed E-state index contributed by atoms with van der Waals surface area (Å²) in [6.07, 6.45) is 12.9. The zero-order chi connectivity index (χ0) is 28.1. The normalized spacial score (nSPS) is 20.4. The number of hydrogen-bond donors (Lipinski definition) is 0. The van der Waals surface area contributed by atoms with Crippen molar-refractivity contribution < 1.29 is 4.74 Å². The van der Waals surface area contributed by atoms with Crippen molar-refractivity contribution >= 4 is 29.0 Å². The molecule has 1 aromatic heterocycles. The minimum atomic E-state index is 0.365. The summed E-state index contributed by atoms with van der Waals surface area (Å²) in [7, 11) is 2.22. The van der Waals surface area contributed by atoms with Crippen LogP contribution in [0.25, 0.3) is 28.1 Å². The molecule has 3 aromatic rings. The van der Waals surface area contributed by atoms with E-state index in [1.807, 2.05) is 12.3 Å². The van der Waals surface area contributed by atoms with E-state index in [2.05, 4.69) is 60.5 Å². The molecule has 4 heterocycles. The summed E-state index contributed by atoms with van der Waals surface area (Å²) in [6, 6.07) is 6.71. The van der Waals surface area contributed by atoms with Gasteiger partial charge < -0.3 is 14.5 Å². The number of fused-ring (bicyclic) bond motifs is 2.